The second-order valence-corrected chi connectivity index (χ2v) is 10.3. The number of hydrogen-bond donors (Lipinski definition) is 1. The van der Waals surface area contributed by atoms with E-state index in [1.165, 1.54) is 52.7 Å². The third-order valence-corrected chi connectivity index (χ3v) is 7.69. The fourth-order valence-electron chi connectivity index (χ4n) is 4.97. The first-order chi connectivity index (χ1) is 21.8. The number of rotatable bonds is 8. The Morgan fingerprint density at radius 2 is 1.36 bits per heavy atom. The molecule has 0 aliphatic carbocycles. The van der Waals surface area contributed by atoms with Gasteiger partial charge < -0.3 is 42.6 Å². The summed E-state index contributed by atoms with van der Waals surface area (Å²) in [5.74, 6) is -1.25. The molecule has 3 aromatic carbocycles. The van der Waals surface area contributed by atoms with Crippen LogP contribution in [0.15, 0.2) is 35.2 Å². The van der Waals surface area contributed by atoms with Gasteiger partial charge in [0.15, 0.2) is 34.5 Å². The van der Waals surface area contributed by atoms with Gasteiger partial charge in [0, 0.05) is 16.7 Å². The van der Waals surface area contributed by atoms with E-state index >= 15 is 0 Å². The minimum absolute atomic E-state index is 0.0121. The maximum atomic E-state index is 14.1. The Kier molecular flexibility index (Phi) is 7.76. The van der Waals surface area contributed by atoms with Crippen molar-refractivity contribution in [2.45, 2.75) is 0 Å². The number of benzene rings is 3. The van der Waals surface area contributed by atoms with E-state index in [1.54, 1.807) is 12.1 Å². The molecule has 0 radical (unpaired) electrons. The molecule has 6 rings (SSSR count). The molecule has 0 bridgehead atoms. The molecule has 0 atom stereocenters. The molecule has 1 fully saturated rings. The second-order valence-electron chi connectivity index (χ2n) is 9.24. The summed E-state index contributed by atoms with van der Waals surface area (Å²) >= 11 is 0.727. The molecule has 15 heteroatoms. The van der Waals surface area contributed by atoms with Gasteiger partial charge in [0.25, 0.3) is 11.1 Å². The summed E-state index contributed by atoms with van der Waals surface area (Å²) < 4.78 is 50.3. The topological polar surface area (TPSA) is 163 Å². The highest BCUT2D eigenvalue weighted by atomic mass is 32.2. The molecule has 45 heavy (non-hydrogen) atoms. The molecule has 3 heterocycles. The SMILES string of the molecule is COC(=O)c1cc(OC)c2c(c1-c1c(C(=O)Oc3cccc(/C=C4/SC(=O)NC4=O)c3OC)cc(OC)c3c1OCO3)OCO2. The van der Waals surface area contributed by atoms with E-state index in [9.17, 15) is 19.2 Å². The van der Waals surface area contributed by atoms with Crippen molar-refractivity contribution < 1.29 is 61.8 Å². The van der Waals surface area contributed by atoms with E-state index in [-0.39, 0.29) is 86.7 Å². The van der Waals surface area contributed by atoms with E-state index < -0.39 is 23.1 Å². The summed E-state index contributed by atoms with van der Waals surface area (Å²) in [6.45, 7) is -0.403. The molecule has 3 aliphatic heterocycles. The fourth-order valence-corrected chi connectivity index (χ4v) is 5.64. The van der Waals surface area contributed by atoms with E-state index in [0.717, 1.165) is 11.8 Å². The van der Waals surface area contributed by atoms with Crippen LogP contribution in [0.2, 0.25) is 0 Å². The van der Waals surface area contributed by atoms with E-state index in [2.05, 4.69) is 5.32 Å². The van der Waals surface area contributed by atoms with Crippen molar-refractivity contribution in [3.8, 4) is 57.1 Å². The Balaban J connectivity index is 1.53. The van der Waals surface area contributed by atoms with Crippen LogP contribution in [0.4, 0.5) is 4.79 Å². The number of fused-ring (bicyclic) bond motifs is 2. The molecule has 14 nitrogen and oxygen atoms in total. The standard InChI is InChI=1S/C30H23NO13S/c1-36-17-9-14(28(33)39-4)20(25-23(17)40-11-42-25)21-15(10-18(37-2)24-26(21)43-12-41-24)29(34)44-16-7-5-6-13(22(16)38-3)8-19-27(32)31-30(35)45-19/h5-10H,11-12H2,1-4H3,(H,31,32,35)/b19-8+. The van der Waals surface area contributed by atoms with Gasteiger partial charge in [-0.1, -0.05) is 12.1 Å². The van der Waals surface area contributed by atoms with Crippen LogP contribution in [0.5, 0.6) is 46.0 Å². The molecule has 232 valence electrons. The number of esters is 2. The van der Waals surface area contributed by atoms with Crippen LogP contribution >= 0.6 is 11.8 Å². The second kappa shape index (κ2) is 11.8. The zero-order chi connectivity index (χ0) is 31.8. The van der Waals surface area contributed by atoms with E-state index in [0.29, 0.717) is 5.56 Å². The number of carbonyl (C=O) groups is 4. The molecule has 3 aliphatic rings. The van der Waals surface area contributed by atoms with Gasteiger partial charge in [0.05, 0.1) is 44.5 Å². The van der Waals surface area contributed by atoms with Crippen LogP contribution in [-0.4, -0.2) is 65.1 Å². The minimum atomic E-state index is -0.910. The van der Waals surface area contributed by atoms with E-state index in [1.807, 2.05) is 0 Å². The van der Waals surface area contributed by atoms with Crippen LogP contribution in [0.1, 0.15) is 26.3 Å². The van der Waals surface area contributed by atoms with Crippen molar-refractivity contribution in [3.05, 3.63) is 51.9 Å². The average molecular weight is 638 g/mol. The maximum Gasteiger partial charge on any atom is 0.344 e. The lowest BCUT2D eigenvalue weighted by molar-refractivity contribution is -0.115. The Bertz CT molecular complexity index is 1820. The molecule has 0 aromatic heterocycles. The van der Waals surface area contributed by atoms with Crippen LogP contribution in [0.3, 0.4) is 0 Å². The van der Waals surface area contributed by atoms with Crippen LogP contribution in [0.25, 0.3) is 17.2 Å². The maximum absolute atomic E-state index is 14.1. The molecule has 0 spiro atoms. The third kappa shape index (κ3) is 5.06. The van der Waals surface area contributed by atoms with Crippen molar-refractivity contribution >= 4 is 40.9 Å². The smallest absolute Gasteiger partial charge is 0.344 e. The molecule has 0 unspecified atom stereocenters. The highest BCUT2D eigenvalue weighted by Crippen LogP contribution is 2.57. The molecular weight excluding hydrogens is 614 g/mol. The summed E-state index contributed by atoms with van der Waals surface area (Å²) in [7, 11) is 5.35. The highest BCUT2D eigenvalue weighted by Gasteiger charge is 2.38. The number of carbonyl (C=O) groups excluding carboxylic acids is 4. The van der Waals surface area contributed by atoms with Crippen molar-refractivity contribution in [1.29, 1.82) is 0 Å². The zero-order valence-electron chi connectivity index (χ0n) is 24.1. The number of imide groups is 1. The summed E-state index contributed by atoms with van der Waals surface area (Å²) in [5.41, 5.74) is 0.416. The lowest BCUT2D eigenvalue weighted by Gasteiger charge is -2.19. The van der Waals surface area contributed by atoms with Gasteiger partial charge in [-0.3, -0.25) is 14.9 Å². The Morgan fingerprint density at radius 3 is 1.87 bits per heavy atom. The van der Waals surface area contributed by atoms with Gasteiger partial charge in [0.1, 0.15) is 0 Å². The van der Waals surface area contributed by atoms with Gasteiger partial charge in [0.2, 0.25) is 25.1 Å². The summed E-state index contributed by atoms with van der Waals surface area (Å²) in [5, 5.41) is 1.67. The number of ether oxygens (including phenoxy) is 9. The highest BCUT2D eigenvalue weighted by molar-refractivity contribution is 8.18. The first-order valence-corrected chi connectivity index (χ1v) is 13.8. The van der Waals surface area contributed by atoms with Crippen molar-refractivity contribution in [3.63, 3.8) is 0 Å². The van der Waals surface area contributed by atoms with Crippen molar-refractivity contribution in [2.24, 2.45) is 0 Å². The monoisotopic (exact) mass is 637 g/mol. The summed E-state index contributed by atoms with van der Waals surface area (Å²) in [6, 6.07) is 7.46. The Morgan fingerprint density at radius 1 is 0.778 bits per heavy atom. The number of amides is 2. The molecule has 0 saturated carbocycles. The normalized spacial score (nSPS) is 15.2. The predicted octanol–water partition coefficient (Wildman–Crippen LogP) is 4.17. The average Bonchev–Trinajstić information content (AvgIpc) is 3.80. The lowest BCUT2D eigenvalue weighted by Crippen LogP contribution is -2.17. The quantitative estimate of drug-likeness (QED) is 0.213. The Hall–Kier alpha value is -5.57. The lowest BCUT2D eigenvalue weighted by atomic mass is 9.91. The summed E-state index contributed by atoms with van der Waals surface area (Å²) in [6.07, 6.45) is 1.44. The molecule has 3 aromatic rings. The largest absolute Gasteiger partial charge is 0.493 e. The fraction of sp³-hybridized carbons (Fsp3) is 0.200. The van der Waals surface area contributed by atoms with Crippen molar-refractivity contribution in [2.75, 3.05) is 42.0 Å². The molecule has 1 saturated heterocycles. The van der Waals surface area contributed by atoms with Gasteiger partial charge in [-0.05, 0) is 36.0 Å². The number of thioether (sulfide) groups is 1. The number of hydrogen-bond acceptors (Lipinski definition) is 14. The number of nitrogens with one attached hydrogen (secondary N) is 1. The third-order valence-electron chi connectivity index (χ3n) is 6.88. The molecule has 2 amide bonds. The van der Waals surface area contributed by atoms with Gasteiger partial charge in [-0.2, -0.15) is 0 Å². The first kappa shape index (κ1) is 29.5. The minimum Gasteiger partial charge on any atom is -0.493 e. The van der Waals surface area contributed by atoms with Crippen LogP contribution in [-0.2, 0) is 9.53 Å². The van der Waals surface area contributed by atoms with E-state index in [4.69, 9.17) is 42.6 Å². The van der Waals surface area contributed by atoms with Gasteiger partial charge in [-0.25, -0.2) is 9.59 Å². The first-order valence-electron chi connectivity index (χ1n) is 13.0. The molecular formula is C30H23NO13S. The Labute approximate surface area is 259 Å². The van der Waals surface area contributed by atoms with Crippen LogP contribution < -0.4 is 43.2 Å². The number of methoxy groups -OCH3 is 4. The van der Waals surface area contributed by atoms with Crippen molar-refractivity contribution in [1.82, 2.24) is 5.32 Å². The predicted molar refractivity (Wildman–Crippen MR) is 156 cm³/mol. The number of para-hydroxylation sites is 1. The van der Waals surface area contributed by atoms with Gasteiger partial charge >= 0.3 is 11.9 Å². The van der Waals surface area contributed by atoms with Gasteiger partial charge in [-0.15, -0.1) is 0 Å². The molecule has 1 N–H and O–H groups in total. The zero-order valence-corrected chi connectivity index (χ0v) is 24.9. The summed E-state index contributed by atoms with van der Waals surface area (Å²) in [4.78, 5) is 51.1. The van der Waals surface area contributed by atoms with Crippen LogP contribution in [0, 0.1) is 0 Å².